The van der Waals surface area contributed by atoms with Crippen molar-refractivity contribution in [2.75, 3.05) is 20.8 Å². The molecule has 0 radical (unpaired) electrons. The number of hydrogen-bond acceptors (Lipinski definition) is 3. The average molecular weight is 398 g/mol. The van der Waals surface area contributed by atoms with Crippen LogP contribution in [0.15, 0.2) is 54.7 Å². The number of halogens is 2. The molecule has 1 aliphatic rings. The van der Waals surface area contributed by atoms with Gasteiger partial charge in [0.15, 0.2) is 11.6 Å². The van der Waals surface area contributed by atoms with Gasteiger partial charge in [0.2, 0.25) is 0 Å². The summed E-state index contributed by atoms with van der Waals surface area (Å²) in [6.45, 7) is 2.32. The molecule has 2 aromatic carbocycles. The van der Waals surface area contributed by atoms with Crippen molar-refractivity contribution in [3.05, 3.63) is 83.2 Å². The number of aromatic nitrogens is 1. The van der Waals surface area contributed by atoms with Gasteiger partial charge in [0, 0.05) is 43.2 Å². The van der Waals surface area contributed by atoms with Gasteiger partial charge in [0.05, 0.1) is 20.3 Å². The van der Waals surface area contributed by atoms with E-state index in [2.05, 4.69) is 15.5 Å². The molecule has 1 unspecified atom stereocenters. The maximum absolute atomic E-state index is 14.1. The Hall–Kier alpha value is -2.86. The molecule has 0 bridgehead atoms. The summed E-state index contributed by atoms with van der Waals surface area (Å²) in [6.07, 6.45) is 3.00. The van der Waals surface area contributed by atoms with Crippen LogP contribution in [0.2, 0.25) is 0 Å². The molecule has 0 fully saturated rings. The molecular formula is C23H24F2N2O2. The van der Waals surface area contributed by atoms with Crippen molar-refractivity contribution in [1.29, 1.82) is 0 Å². The molecule has 0 saturated heterocycles. The van der Waals surface area contributed by atoms with E-state index in [1.165, 1.54) is 12.1 Å². The summed E-state index contributed by atoms with van der Waals surface area (Å²) in [5, 5.41) is 0. The van der Waals surface area contributed by atoms with E-state index in [9.17, 15) is 8.78 Å². The third-order valence-corrected chi connectivity index (χ3v) is 5.48. The topological polar surface area (TPSA) is 26.6 Å². The predicted molar refractivity (Wildman–Crippen MR) is 107 cm³/mol. The third-order valence-electron chi connectivity index (χ3n) is 5.48. The van der Waals surface area contributed by atoms with Gasteiger partial charge < -0.3 is 14.0 Å². The van der Waals surface area contributed by atoms with E-state index in [-0.39, 0.29) is 6.04 Å². The van der Waals surface area contributed by atoms with Crippen molar-refractivity contribution in [2.24, 2.45) is 0 Å². The Morgan fingerprint density at radius 3 is 2.59 bits per heavy atom. The lowest BCUT2D eigenvalue weighted by Crippen LogP contribution is -2.29. The first-order chi connectivity index (χ1) is 14.1. The number of methoxy groups -OCH3 is 2. The van der Waals surface area contributed by atoms with Gasteiger partial charge in [-0.05, 0) is 42.3 Å². The van der Waals surface area contributed by atoms with Gasteiger partial charge in [-0.3, -0.25) is 4.90 Å². The molecule has 1 aromatic heterocycles. The molecule has 1 aliphatic heterocycles. The van der Waals surface area contributed by atoms with Crippen molar-refractivity contribution < 1.29 is 18.3 Å². The van der Waals surface area contributed by atoms with Gasteiger partial charge in [0.1, 0.15) is 11.5 Å². The minimum atomic E-state index is -0.832. The quantitative estimate of drug-likeness (QED) is 0.619. The standard InChI is InChI=1S/C23H24F2N2O2/c1-28-18-8-6-17(22(14-18)29-2)15-27-12-4-11-26-10-3-5-21(26)23(27)16-7-9-19(24)20(25)13-16/h3,5-10,13-14,23H,4,11-12,15H2,1-2H3. The lowest BCUT2D eigenvalue weighted by atomic mass is 10.0. The summed E-state index contributed by atoms with van der Waals surface area (Å²) >= 11 is 0. The number of rotatable bonds is 5. The zero-order chi connectivity index (χ0) is 20.4. The van der Waals surface area contributed by atoms with E-state index in [1.807, 2.05) is 30.5 Å². The second kappa shape index (κ2) is 8.25. The Morgan fingerprint density at radius 2 is 1.83 bits per heavy atom. The highest BCUT2D eigenvalue weighted by atomic mass is 19.2. The van der Waals surface area contributed by atoms with Crippen LogP contribution in [0.5, 0.6) is 11.5 Å². The molecule has 2 heterocycles. The Morgan fingerprint density at radius 1 is 0.966 bits per heavy atom. The van der Waals surface area contributed by atoms with Gasteiger partial charge >= 0.3 is 0 Å². The fraction of sp³-hybridized carbons (Fsp3) is 0.304. The SMILES string of the molecule is COc1ccc(CN2CCCn3cccc3C2c2ccc(F)c(F)c2)c(OC)c1. The molecule has 4 rings (SSSR count). The minimum absolute atomic E-state index is 0.186. The Bertz CT molecular complexity index is 1000. The van der Waals surface area contributed by atoms with E-state index < -0.39 is 11.6 Å². The summed E-state index contributed by atoms with van der Waals surface area (Å²) in [5.41, 5.74) is 2.82. The van der Waals surface area contributed by atoms with Crippen molar-refractivity contribution in [3.63, 3.8) is 0 Å². The number of benzene rings is 2. The van der Waals surface area contributed by atoms with Crippen LogP contribution in [-0.4, -0.2) is 30.2 Å². The summed E-state index contributed by atoms with van der Waals surface area (Å²) in [7, 11) is 3.26. The fourth-order valence-electron chi connectivity index (χ4n) is 4.08. The molecule has 0 aliphatic carbocycles. The zero-order valence-corrected chi connectivity index (χ0v) is 16.6. The zero-order valence-electron chi connectivity index (χ0n) is 16.6. The average Bonchev–Trinajstić information content (AvgIpc) is 3.12. The Balaban J connectivity index is 1.75. The number of nitrogens with zero attached hydrogens (tertiary/aromatic N) is 2. The molecule has 4 nitrogen and oxygen atoms in total. The van der Waals surface area contributed by atoms with Crippen LogP contribution in [0.1, 0.15) is 29.3 Å². The third kappa shape index (κ3) is 3.85. The lowest BCUT2D eigenvalue weighted by molar-refractivity contribution is 0.216. The molecule has 0 saturated carbocycles. The summed E-state index contributed by atoms with van der Waals surface area (Å²) in [4.78, 5) is 2.29. The smallest absolute Gasteiger partial charge is 0.159 e. The highest BCUT2D eigenvalue weighted by Gasteiger charge is 2.28. The minimum Gasteiger partial charge on any atom is -0.497 e. The van der Waals surface area contributed by atoms with Crippen molar-refractivity contribution in [1.82, 2.24) is 9.47 Å². The van der Waals surface area contributed by atoms with Gasteiger partial charge in [-0.1, -0.05) is 12.1 Å². The van der Waals surface area contributed by atoms with E-state index in [0.29, 0.717) is 6.54 Å². The maximum atomic E-state index is 14.1. The highest BCUT2D eigenvalue weighted by molar-refractivity contribution is 5.41. The summed E-state index contributed by atoms with van der Waals surface area (Å²) in [6, 6.07) is 13.8. The molecule has 0 N–H and O–H groups in total. The summed E-state index contributed by atoms with van der Waals surface area (Å²) in [5.74, 6) is -0.187. The van der Waals surface area contributed by atoms with Gasteiger partial charge in [-0.2, -0.15) is 0 Å². The number of ether oxygens (including phenoxy) is 2. The highest BCUT2D eigenvalue weighted by Crippen LogP contribution is 2.35. The molecular weight excluding hydrogens is 374 g/mol. The number of fused-ring (bicyclic) bond motifs is 1. The number of aryl methyl sites for hydroxylation is 1. The monoisotopic (exact) mass is 398 g/mol. The lowest BCUT2D eigenvalue weighted by Gasteiger charge is -2.31. The van der Waals surface area contributed by atoms with E-state index in [4.69, 9.17) is 9.47 Å². The first kappa shape index (κ1) is 19.5. The Kier molecular flexibility index (Phi) is 5.53. The van der Waals surface area contributed by atoms with Crippen LogP contribution < -0.4 is 9.47 Å². The van der Waals surface area contributed by atoms with Crippen LogP contribution >= 0.6 is 0 Å². The molecule has 152 valence electrons. The maximum Gasteiger partial charge on any atom is 0.159 e. The molecule has 3 aromatic rings. The largest absolute Gasteiger partial charge is 0.497 e. The van der Waals surface area contributed by atoms with Crippen LogP contribution in [0.3, 0.4) is 0 Å². The van der Waals surface area contributed by atoms with E-state index in [0.717, 1.165) is 47.8 Å². The fourth-order valence-corrected chi connectivity index (χ4v) is 4.08. The first-order valence-corrected chi connectivity index (χ1v) is 9.65. The molecule has 29 heavy (non-hydrogen) atoms. The summed E-state index contributed by atoms with van der Waals surface area (Å²) < 4.78 is 40.7. The second-order valence-corrected chi connectivity index (χ2v) is 7.20. The van der Waals surface area contributed by atoms with Crippen LogP contribution in [0.25, 0.3) is 0 Å². The number of hydrogen-bond donors (Lipinski definition) is 0. The normalized spacial score (nSPS) is 16.9. The molecule has 0 spiro atoms. The second-order valence-electron chi connectivity index (χ2n) is 7.20. The van der Waals surface area contributed by atoms with Crippen molar-refractivity contribution in [2.45, 2.75) is 25.6 Å². The van der Waals surface area contributed by atoms with E-state index >= 15 is 0 Å². The molecule has 0 amide bonds. The Labute approximate surface area is 169 Å². The van der Waals surface area contributed by atoms with Gasteiger partial charge in [-0.25, -0.2) is 8.78 Å². The van der Waals surface area contributed by atoms with Crippen molar-refractivity contribution in [3.8, 4) is 11.5 Å². The van der Waals surface area contributed by atoms with Gasteiger partial charge in [0.25, 0.3) is 0 Å². The van der Waals surface area contributed by atoms with Crippen molar-refractivity contribution >= 4 is 0 Å². The van der Waals surface area contributed by atoms with Crippen LogP contribution in [0.4, 0.5) is 8.78 Å². The first-order valence-electron chi connectivity index (χ1n) is 9.65. The van der Waals surface area contributed by atoms with Crippen LogP contribution in [-0.2, 0) is 13.1 Å². The molecule has 6 heteroatoms. The predicted octanol–water partition coefficient (Wildman–Crippen LogP) is 4.78. The van der Waals surface area contributed by atoms with Gasteiger partial charge in [-0.15, -0.1) is 0 Å². The molecule has 1 atom stereocenters. The van der Waals surface area contributed by atoms with E-state index in [1.54, 1.807) is 20.3 Å². The van der Waals surface area contributed by atoms with Crippen LogP contribution in [0, 0.1) is 11.6 Å².